The minimum Gasteiger partial charge on any atom is -0.379 e. The SMILES string of the molecule is O=C(C1CCCCN1S(=O)(=O)c1cccs1)N(CCCN1CCOCC1)c1nc2ccc(F)cc2s1. The van der Waals surface area contributed by atoms with Gasteiger partial charge in [-0.3, -0.25) is 14.6 Å². The number of thiophene rings is 1. The number of hydrogen-bond donors (Lipinski definition) is 0. The first kappa shape index (κ1) is 25.7. The van der Waals surface area contributed by atoms with Gasteiger partial charge in [0.25, 0.3) is 10.0 Å². The van der Waals surface area contributed by atoms with Crippen molar-refractivity contribution in [2.75, 3.05) is 50.8 Å². The number of nitrogens with zero attached hydrogens (tertiary/aromatic N) is 4. The molecule has 8 nitrogen and oxygen atoms in total. The first-order valence-corrected chi connectivity index (χ1v) is 15.3. The summed E-state index contributed by atoms with van der Waals surface area (Å²) in [6, 6.07) is 6.87. The minimum atomic E-state index is -3.78. The van der Waals surface area contributed by atoms with Gasteiger partial charge >= 0.3 is 0 Å². The number of ether oxygens (including phenoxy) is 1. The Morgan fingerprint density at radius 1 is 1.19 bits per heavy atom. The van der Waals surface area contributed by atoms with Crippen LogP contribution in [0.4, 0.5) is 9.52 Å². The average molecular weight is 553 g/mol. The Kier molecular flexibility index (Phi) is 7.99. The maximum absolute atomic E-state index is 14.0. The van der Waals surface area contributed by atoms with Gasteiger partial charge in [-0.15, -0.1) is 11.3 Å². The molecule has 2 aliphatic heterocycles. The molecule has 3 aromatic rings. The van der Waals surface area contributed by atoms with Gasteiger partial charge in [-0.05, 0) is 48.9 Å². The third-order valence-electron chi connectivity index (χ3n) is 6.59. The predicted molar refractivity (Wildman–Crippen MR) is 140 cm³/mol. The lowest BCUT2D eigenvalue weighted by molar-refractivity contribution is -0.123. The van der Waals surface area contributed by atoms with Crippen LogP contribution in [0.5, 0.6) is 0 Å². The summed E-state index contributed by atoms with van der Waals surface area (Å²) in [4.78, 5) is 22.6. The first-order valence-electron chi connectivity index (χ1n) is 12.2. The fraction of sp³-hybridized carbons (Fsp3) is 0.500. The number of benzene rings is 1. The number of halogens is 1. The molecular formula is C24H29FN4O4S3. The van der Waals surface area contributed by atoms with Crippen molar-refractivity contribution in [2.24, 2.45) is 0 Å². The van der Waals surface area contributed by atoms with Crippen molar-refractivity contribution >= 4 is 54.0 Å². The van der Waals surface area contributed by atoms with Gasteiger partial charge in [0.2, 0.25) is 5.91 Å². The van der Waals surface area contributed by atoms with Gasteiger partial charge < -0.3 is 4.74 Å². The predicted octanol–water partition coefficient (Wildman–Crippen LogP) is 3.80. The largest absolute Gasteiger partial charge is 0.379 e. The second-order valence-electron chi connectivity index (χ2n) is 8.97. The molecule has 1 atom stereocenters. The Balaban J connectivity index is 1.42. The van der Waals surface area contributed by atoms with Crippen LogP contribution in [0, 0.1) is 5.82 Å². The number of hydrogen-bond acceptors (Lipinski definition) is 8. The lowest BCUT2D eigenvalue weighted by Gasteiger charge is -2.36. The summed E-state index contributed by atoms with van der Waals surface area (Å²) in [5, 5.41) is 2.20. The Morgan fingerprint density at radius 3 is 2.81 bits per heavy atom. The van der Waals surface area contributed by atoms with Crippen LogP contribution in [-0.4, -0.2) is 80.5 Å². The number of thiazole rings is 1. The van der Waals surface area contributed by atoms with Gasteiger partial charge in [-0.25, -0.2) is 17.8 Å². The molecule has 0 bridgehead atoms. The van der Waals surface area contributed by atoms with E-state index in [1.54, 1.807) is 28.5 Å². The number of fused-ring (bicyclic) bond motifs is 1. The molecule has 2 saturated heterocycles. The van der Waals surface area contributed by atoms with E-state index in [0.29, 0.717) is 60.9 Å². The summed E-state index contributed by atoms with van der Waals surface area (Å²) < 4.78 is 48.4. The summed E-state index contributed by atoms with van der Waals surface area (Å²) >= 11 is 2.42. The zero-order chi connectivity index (χ0) is 25.1. The quantitative estimate of drug-likeness (QED) is 0.423. The first-order chi connectivity index (χ1) is 17.4. The highest BCUT2D eigenvalue weighted by atomic mass is 32.2. The summed E-state index contributed by atoms with van der Waals surface area (Å²) in [5.41, 5.74) is 0.620. The highest BCUT2D eigenvalue weighted by Crippen LogP contribution is 2.33. The Labute approximate surface area is 218 Å². The molecule has 4 heterocycles. The van der Waals surface area contributed by atoms with E-state index in [1.165, 1.54) is 27.8 Å². The molecule has 0 radical (unpaired) electrons. The van der Waals surface area contributed by atoms with Crippen molar-refractivity contribution in [3.8, 4) is 0 Å². The highest BCUT2D eigenvalue weighted by molar-refractivity contribution is 7.91. The van der Waals surface area contributed by atoms with Crippen LogP contribution in [0.15, 0.2) is 39.9 Å². The molecule has 2 fully saturated rings. The zero-order valence-electron chi connectivity index (χ0n) is 19.8. The van der Waals surface area contributed by atoms with Crippen molar-refractivity contribution < 1.29 is 22.3 Å². The number of piperidine rings is 1. The fourth-order valence-electron chi connectivity index (χ4n) is 4.72. The standard InChI is InChI=1S/C24H29FN4O4S3/c25-18-7-8-19-21(17-18)35-24(26-19)28(10-4-9-27-12-14-33-15-13-27)23(30)20-5-1-2-11-29(20)36(31,32)22-6-3-16-34-22/h3,6-8,16-17,20H,1-2,4-5,9-15H2. The minimum absolute atomic E-state index is 0.247. The molecule has 2 aromatic heterocycles. The van der Waals surface area contributed by atoms with Crippen molar-refractivity contribution in [3.05, 3.63) is 41.5 Å². The molecular weight excluding hydrogens is 523 g/mol. The van der Waals surface area contributed by atoms with Crippen molar-refractivity contribution in [2.45, 2.75) is 35.9 Å². The van der Waals surface area contributed by atoms with Gasteiger partial charge in [0, 0.05) is 32.7 Å². The van der Waals surface area contributed by atoms with Gasteiger partial charge in [-0.2, -0.15) is 4.31 Å². The van der Waals surface area contributed by atoms with Gasteiger partial charge in [0.15, 0.2) is 5.13 Å². The van der Waals surface area contributed by atoms with Crippen LogP contribution in [0.1, 0.15) is 25.7 Å². The second-order valence-corrected chi connectivity index (χ2v) is 13.0. The third-order valence-corrected chi connectivity index (χ3v) is 10.9. The van der Waals surface area contributed by atoms with Crippen LogP contribution < -0.4 is 4.90 Å². The lowest BCUT2D eigenvalue weighted by atomic mass is 10.0. The number of carbonyl (C=O) groups excluding carboxylic acids is 1. The van der Waals surface area contributed by atoms with Gasteiger partial charge in [0.05, 0.1) is 23.4 Å². The number of carbonyl (C=O) groups is 1. The van der Waals surface area contributed by atoms with E-state index in [2.05, 4.69) is 9.88 Å². The molecule has 1 aromatic carbocycles. The van der Waals surface area contributed by atoms with E-state index in [1.807, 2.05) is 0 Å². The van der Waals surface area contributed by atoms with Crippen LogP contribution in [0.3, 0.4) is 0 Å². The molecule has 194 valence electrons. The summed E-state index contributed by atoms with van der Waals surface area (Å²) in [7, 11) is -3.78. The van der Waals surface area contributed by atoms with E-state index < -0.39 is 16.1 Å². The number of anilines is 1. The van der Waals surface area contributed by atoms with Crippen LogP contribution >= 0.6 is 22.7 Å². The molecule has 2 aliphatic rings. The lowest BCUT2D eigenvalue weighted by Crippen LogP contribution is -2.53. The number of rotatable bonds is 8. The van der Waals surface area contributed by atoms with E-state index in [0.717, 1.165) is 37.4 Å². The number of sulfonamides is 1. The molecule has 0 spiro atoms. The fourth-order valence-corrected chi connectivity index (χ4v) is 8.52. The molecule has 12 heteroatoms. The average Bonchev–Trinajstić information content (AvgIpc) is 3.57. The molecule has 1 amide bonds. The Bertz CT molecular complexity index is 1290. The molecule has 36 heavy (non-hydrogen) atoms. The monoisotopic (exact) mass is 552 g/mol. The van der Waals surface area contributed by atoms with E-state index in [4.69, 9.17) is 4.74 Å². The molecule has 5 rings (SSSR count). The number of aromatic nitrogens is 1. The van der Waals surface area contributed by atoms with Gasteiger partial charge in [-0.1, -0.05) is 23.8 Å². The maximum Gasteiger partial charge on any atom is 0.253 e. The third kappa shape index (κ3) is 5.48. The van der Waals surface area contributed by atoms with E-state index in [9.17, 15) is 17.6 Å². The zero-order valence-corrected chi connectivity index (χ0v) is 22.3. The normalized spacial score (nSPS) is 20.1. The van der Waals surface area contributed by atoms with Crippen LogP contribution in [0.25, 0.3) is 10.2 Å². The Morgan fingerprint density at radius 2 is 2.03 bits per heavy atom. The molecule has 1 unspecified atom stereocenters. The maximum atomic E-state index is 14.0. The van der Waals surface area contributed by atoms with Crippen molar-refractivity contribution in [3.63, 3.8) is 0 Å². The number of amides is 1. The molecule has 0 saturated carbocycles. The summed E-state index contributed by atoms with van der Waals surface area (Å²) in [6.07, 6.45) is 2.66. The molecule has 0 aliphatic carbocycles. The van der Waals surface area contributed by atoms with Gasteiger partial charge in [0.1, 0.15) is 16.1 Å². The van der Waals surface area contributed by atoms with Crippen LogP contribution in [0.2, 0.25) is 0 Å². The summed E-state index contributed by atoms with van der Waals surface area (Å²) in [6.45, 7) is 4.61. The highest BCUT2D eigenvalue weighted by Gasteiger charge is 2.40. The van der Waals surface area contributed by atoms with Crippen molar-refractivity contribution in [1.29, 1.82) is 0 Å². The number of morpholine rings is 1. The molecule has 0 N–H and O–H groups in total. The van der Waals surface area contributed by atoms with Crippen molar-refractivity contribution in [1.82, 2.24) is 14.2 Å². The Hall–Kier alpha value is -1.96. The summed E-state index contributed by atoms with van der Waals surface area (Å²) in [5.74, 6) is -0.625. The van der Waals surface area contributed by atoms with Crippen LogP contribution in [-0.2, 0) is 19.6 Å². The second kappa shape index (κ2) is 11.2. The van der Waals surface area contributed by atoms with E-state index >= 15 is 0 Å². The van der Waals surface area contributed by atoms with E-state index in [-0.39, 0.29) is 15.9 Å². The topological polar surface area (TPSA) is 83.1 Å². The smallest absolute Gasteiger partial charge is 0.253 e.